The summed E-state index contributed by atoms with van der Waals surface area (Å²) < 4.78 is 5.09. The van der Waals surface area contributed by atoms with Crippen molar-refractivity contribution in [3.63, 3.8) is 0 Å². The molecule has 1 aromatic heterocycles. The van der Waals surface area contributed by atoms with Crippen LogP contribution >= 0.6 is 11.3 Å². The molecule has 0 unspecified atom stereocenters. The number of nitrogens with zero attached hydrogens (tertiary/aromatic N) is 1. The van der Waals surface area contributed by atoms with Crippen LogP contribution < -0.4 is 0 Å². The smallest absolute Gasteiger partial charge is 0.311 e. The number of ether oxygens (including phenoxy) is 1. The molecular formula is C17H23NO4S. The molecule has 0 bridgehead atoms. The van der Waals surface area contributed by atoms with Crippen LogP contribution in [0.1, 0.15) is 46.7 Å². The molecule has 3 rings (SSSR count). The molecule has 2 heterocycles. The number of aliphatic carboxylic acids is 1. The van der Waals surface area contributed by atoms with Crippen LogP contribution in [0.2, 0.25) is 0 Å². The van der Waals surface area contributed by atoms with E-state index in [2.05, 4.69) is 0 Å². The van der Waals surface area contributed by atoms with E-state index in [-0.39, 0.29) is 5.91 Å². The summed E-state index contributed by atoms with van der Waals surface area (Å²) >= 11 is 1.43. The first kappa shape index (κ1) is 16.5. The van der Waals surface area contributed by atoms with Crippen LogP contribution in [0.3, 0.4) is 0 Å². The third-order valence-corrected chi connectivity index (χ3v) is 5.90. The molecule has 0 spiro atoms. The summed E-state index contributed by atoms with van der Waals surface area (Å²) in [6.07, 6.45) is 4.43. The number of hydrogen-bond acceptors (Lipinski definition) is 4. The van der Waals surface area contributed by atoms with Crippen molar-refractivity contribution in [2.75, 3.05) is 20.2 Å². The van der Waals surface area contributed by atoms with Gasteiger partial charge in [-0.05, 0) is 37.3 Å². The first-order valence-corrected chi connectivity index (χ1v) is 8.96. The molecule has 2 fully saturated rings. The van der Waals surface area contributed by atoms with Gasteiger partial charge in [-0.1, -0.05) is 12.8 Å². The maximum atomic E-state index is 12.7. The molecule has 0 aromatic carbocycles. The fraction of sp³-hybridized carbons (Fsp3) is 0.647. The normalized spacial score (nSPS) is 24.7. The van der Waals surface area contributed by atoms with E-state index in [1.807, 2.05) is 12.1 Å². The van der Waals surface area contributed by atoms with Crippen LogP contribution in [0, 0.1) is 11.3 Å². The van der Waals surface area contributed by atoms with Crippen molar-refractivity contribution < 1.29 is 19.4 Å². The number of hydrogen-bond donors (Lipinski definition) is 1. The average molecular weight is 337 g/mol. The highest BCUT2D eigenvalue weighted by Gasteiger charge is 2.46. The van der Waals surface area contributed by atoms with Gasteiger partial charge >= 0.3 is 5.97 Å². The predicted octanol–water partition coefficient (Wildman–Crippen LogP) is 3.00. The summed E-state index contributed by atoms with van der Waals surface area (Å²) in [7, 11) is 1.63. The second-order valence-electron chi connectivity index (χ2n) is 6.76. The SMILES string of the molecule is COCc1ccc(C(=O)N2CCC[C@](CC3CC3)(C(=O)O)C2)s1. The maximum Gasteiger partial charge on any atom is 0.311 e. The van der Waals surface area contributed by atoms with Gasteiger partial charge in [-0.3, -0.25) is 9.59 Å². The molecule has 1 saturated heterocycles. The van der Waals surface area contributed by atoms with Gasteiger partial charge in [0.1, 0.15) is 0 Å². The van der Waals surface area contributed by atoms with Gasteiger partial charge in [0.05, 0.1) is 16.9 Å². The lowest BCUT2D eigenvalue weighted by Crippen LogP contribution is -2.50. The number of carboxylic acid groups (broad SMARTS) is 1. The summed E-state index contributed by atoms with van der Waals surface area (Å²) in [4.78, 5) is 28.0. The fourth-order valence-electron chi connectivity index (χ4n) is 3.48. The van der Waals surface area contributed by atoms with Gasteiger partial charge in [0.2, 0.25) is 0 Å². The zero-order valence-corrected chi connectivity index (χ0v) is 14.2. The summed E-state index contributed by atoms with van der Waals surface area (Å²) in [5.41, 5.74) is -0.748. The van der Waals surface area contributed by atoms with E-state index in [1.165, 1.54) is 11.3 Å². The fourth-order valence-corrected chi connectivity index (χ4v) is 4.42. The highest BCUT2D eigenvalue weighted by Crippen LogP contribution is 2.45. The molecule has 2 aliphatic rings. The Morgan fingerprint density at radius 1 is 1.43 bits per heavy atom. The van der Waals surface area contributed by atoms with Gasteiger partial charge in [-0.25, -0.2) is 0 Å². The van der Waals surface area contributed by atoms with E-state index in [4.69, 9.17) is 4.74 Å². The van der Waals surface area contributed by atoms with E-state index < -0.39 is 11.4 Å². The predicted molar refractivity (Wildman–Crippen MR) is 87.6 cm³/mol. The van der Waals surface area contributed by atoms with E-state index >= 15 is 0 Å². The van der Waals surface area contributed by atoms with E-state index in [1.54, 1.807) is 12.0 Å². The number of amides is 1. The molecule has 0 radical (unpaired) electrons. The summed E-state index contributed by atoms with van der Waals surface area (Å²) in [5, 5.41) is 9.76. The molecule has 6 heteroatoms. The molecular weight excluding hydrogens is 314 g/mol. The van der Waals surface area contributed by atoms with Gasteiger partial charge in [-0.2, -0.15) is 0 Å². The van der Waals surface area contributed by atoms with Crippen LogP contribution in [0.4, 0.5) is 0 Å². The Kier molecular flexibility index (Phi) is 4.73. The lowest BCUT2D eigenvalue weighted by Gasteiger charge is -2.40. The molecule has 5 nitrogen and oxygen atoms in total. The molecule has 1 aliphatic carbocycles. The highest BCUT2D eigenvalue weighted by atomic mass is 32.1. The number of thiophene rings is 1. The van der Waals surface area contributed by atoms with Crippen molar-refractivity contribution in [2.24, 2.45) is 11.3 Å². The van der Waals surface area contributed by atoms with Crippen molar-refractivity contribution in [3.8, 4) is 0 Å². The number of rotatable bonds is 6. The minimum absolute atomic E-state index is 0.0431. The van der Waals surface area contributed by atoms with Gasteiger partial charge in [0.15, 0.2) is 0 Å². The molecule has 1 aromatic rings. The number of carbonyl (C=O) groups is 2. The van der Waals surface area contributed by atoms with E-state index in [9.17, 15) is 14.7 Å². The Hall–Kier alpha value is -1.40. The standard InChI is InChI=1S/C17H23NO4S/c1-22-10-13-5-6-14(23-13)15(19)18-8-2-7-17(11-18,16(20)21)9-12-3-4-12/h5-6,12H,2-4,7-11H2,1H3,(H,20,21)/t17-/m1/s1. The largest absolute Gasteiger partial charge is 0.481 e. The van der Waals surface area contributed by atoms with Gasteiger partial charge in [0, 0.05) is 25.1 Å². The summed E-state index contributed by atoms with van der Waals surface area (Å²) in [5.74, 6) is -0.247. The number of carbonyl (C=O) groups excluding carboxylic acids is 1. The van der Waals surface area contributed by atoms with Crippen LogP contribution in [-0.4, -0.2) is 42.1 Å². The third kappa shape index (κ3) is 3.58. The van der Waals surface area contributed by atoms with Crippen molar-refractivity contribution in [3.05, 3.63) is 21.9 Å². The van der Waals surface area contributed by atoms with Crippen molar-refractivity contribution in [2.45, 2.75) is 38.7 Å². The Balaban J connectivity index is 1.73. The third-order valence-electron chi connectivity index (χ3n) is 4.85. The number of piperidine rings is 1. The maximum absolute atomic E-state index is 12.7. The highest BCUT2D eigenvalue weighted by molar-refractivity contribution is 7.14. The average Bonchev–Trinajstić information content (AvgIpc) is 3.22. The Labute approximate surface area is 140 Å². The minimum atomic E-state index is -0.748. The van der Waals surface area contributed by atoms with Crippen LogP contribution in [-0.2, 0) is 16.1 Å². The van der Waals surface area contributed by atoms with Crippen molar-refractivity contribution in [1.82, 2.24) is 4.90 Å². The minimum Gasteiger partial charge on any atom is -0.481 e. The molecule has 23 heavy (non-hydrogen) atoms. The molecule has 1 amide bonds. The van der Waals surface area contributed by atoms with Crippen molar-refractivity contribution in [1.29, 1.82) is 0 Å². The van der Waals surface area contributed by atoms with Crippen molar-refractivity contribution >= 4 is 23.2 Å². The number of carboxylic acids is 1. The summed E-state index contributed by atoms with van der Waals surface area (Å²) in [6.45, 7) is 1.49. The Bertz CT molecular complexity index is 595. The quantitative estimate of drug-likeness (QED) is 0.866. The van der Waals surface area contributed by atoms with Gasteiger partial charge in [0.25, 0.3) is 5.91 Å². The molecule has 1 saturated carbocycles. The molecule has 1 N–H and O–H groups in total. The lowest BCUT2D eigenvalue weighted by atomic mass is 9.75. The zero-order chi connectivity index (χ0) is 16.4. The summed E-state index contributed by atoms with van der Waals surface area (Å²) in [6, 6.07) is 3.72. The monoisotopic (exact) mass is 337 g/mol. The first-order chi connectivity index (χ1) is 11.0. The van der Waals surface area contributed by atoms with Crippen LogP contribution in [0.25, 0.3) is 0 Å². The number of methoxy groups -OCH3 is 1. The topological polar surface area (TPSA) is 66.8 Å². The van der Waals surface area contributed by atoms with Crippen LogP contribution in [0.15, 0.2) is 12.1 Å². The Morgan fingerprint density at radius 3 is 2.87 bits per heavy atom. The second kappa shape index (κ2) is 6.61. The molecule has 1 atom stereocenters. The lowest BCUT2D eigenvalue weighted by molar-refractivity contribution is -0.152. The van der Waals surface area contributed by atoms with E-state index in [0.29, 0.717) is 43.3 Å². The second-order valence-corrected chi connectivity index (χ2v) is 7.93. The molecule has 1 aliphatic heterocycles. The Morgan fingerprint density at radius 2 is 2.22 bits per heavy atom. The van der Waals surface area contributed by atoms with Gasteiger partial charge < -0.3 is 14.7 Å². The number of likely N-dealkylation sites (tertiary alicyclic amines) is 1. The van der Waals surface area contributed by atoms with E-state index in [0.717, 1.165) is 24.1 Å². The first-order valence-electron chi connectivity index (χ1n) is 8.14. The van der Waals surface area contributed by atoms with Gasteiger partial charge in [-0.15, -0.1) is 11.3 Å². The molecule has 126 valence electrons. The van der Waals surface area contributed by atoms with Crippen LogP contribution in [0.5, 0.6) is 0 Å². The zero-order valence-electron chi connectivity index (χ0n) is 13.4.